The van der Waals surface area contributed by atoms with Gasteiger partial charge in [-0.2, -0.15) is 0 Å². The molecule has 1 saturated heterocycles. The summed E-state index contributed by atoms with van der Waals surface area (Å²) in [4.78, 5) is 1.01. The van der Waals surface area contributed by atoms with Gasteiger partial charge in [-0.3, -0.25) is 0 Å². The Morgan fingerprint density at radius 3 is 1.77 bits per heavy atom. The SMILES string of the molecule is COc1cc(COC[C@H]2O[C@@H](Sc3ccccc3)[C@H](OCc3cc(OC)cc(OC)c3)[C@@H](O[Si](C)(C)C(C)(C)C)[C@@]2(C)O)cc(OC)c1. The first-order chi connectivity index (χ1) is 22.7. The summed E-state index contributed by atoms with van der Waals surface area (Å²) in [7, 11) is 4.04. The smallest absolute Gasteiger partial charge is 0.192 e. The summed E-state index contributed by atoms with van der Waals surface area (Å²) < 4.78 is 48.7. The zero-order valence-electron chi connectivity index (χ0n) is 29.9. The highest BCUT2D eigenvalue weighted by molar-refractivity contribution is 7.99. The monoisotopic (exact) mass is 700 g/mol. The second-order valence-corrected chi connectivity index (χ2v) is 19.6. The van der Waals surface area contributed by atoms with Crippen LogP contribution in [-0.2, 0) is 31.9 Å². The molecule has 4 rings (SSSR count). The van der Waals surface area contributed by atoms with Crippen molar-refractivity contribution in [1.29, 1.82) is 0 Å². The van der Waals surface area contributed by atoms with Crippen LogP contribution in [0.25, 0.3) is 0 Å². The molecular formula is C37H52O9SSi. The van der Waals surface area contributed by atoms with Gasteiger partial charge in [-0.05, 0) is 72.6 Å². The van der Waals surface area contributed by atoms with Crippen molar-refractivity contribution in [3.63, 3.8) is 0 Å². The summed E-state index contributed by atoms with van der Waals surface area (Å²) >= 11 is 1.54. The van der Waals surface area contributed by atoms with Gasteiger partial charge in [-0.15, -0.1) is 0 Å². The fourth-order valence-electron chi connectivity index (χ4n) is 5.19. The molecule has 1 aliphatic heterocycles. The summed E-state index contributed by atoms with van der Waals surface area (Å²) in [6, 6.07) is 21.3. The van der Waals surface area contributed by atoms with Crippen molar-refractivity contribution >= 4 is 20.1 Å². The van der Waals surface area contributed by atoms with Gasteiger partial charge in [0.1, 0.15) is 52.3 Å². The molecule has 9 nitrogen and oxygen atoms in total. The molecule has 0 amide bonds. The van der Waals surface area contributed by atoms with Crippen molar-refractivity contribution in [3.8, 4) is 23.0 Å². The topological polar surface area (TPSA) is 94.1 Å². The summed E-state index contributed by atoms with van der Waals surface area (Å²) in [6.45, 7) is 13.3. The van der Waals surface area contributed by atoms with Crippen LogP contribution in [0.5, 0.6) is 23.0 Å². The summed E-state index contributed by atoms with van der Waals surface area (Å²) in [6.07, 6.45) is -2.10. The molecule has 1 aliphatic rings. The Kier molecular flexibility index (Phi) is 12.9. The maximum Gasteiger partial charge on any atom is 0.192 e. The summed E-state index contributed by atoms with van der Waals surface area (Å²) in [5, 5.41) is 12.3. The fraction of sp³-hybridized carbons (Fsp3) is 0.514. The first-order valence-corrected chi connectivity index (χ1v) is 19.9. The lowest BCUT2D eigenvalue weighted by Crippen LogP contribution is -2.68. The maximum absolute atomic E-state index is 12.4. The minimum atomic E-state index is -2.43. The predicted octanol–water partition coefficient (Wildman–Crippen LogP) is 7.48. The molecule has 11 heteroatoms. The van der Waals surface area contributed by atoms with Gasteiger partial charge < -0.3 is 42.7 Å². The molecule has 0 aliphatic carbocycles. The van der Waals surface area contributed by atoms with Gasteiger partial charge >= 0.3 is 0 Å². The van der Waals surface area contributed by atoms with E-state index in [-0.39, 0.29) is 24.9 Å². The minimum absolute atomic E-state index is 0.119. The average molecular weight is 701 g/mol. The minimum Gasteiger partial charge on any atom is -0.497 e. The van der Waals surface area contributed by atoms with Gasteiger partial charge in [-0.1, -0.05) is 50.7 Å². The van der Waals surface area contributed by atoms with E-state index in [1.807, 2.05) is 66.7 Å². The van der Waals surface area contributed by atoms with Crippen molar-refractivity contribution in [3.05, 3.63) is 77.9 Å². The van der Waals surface area contributed by atoms with Crippen LogP contribution in [0.15, 0.2) is 71.6 Å². The number of ether oxygens (including phenoxy) is 7. The van der Waals surface area contributed by atoms with E-state index < -0.39 is 37.7 Å². The first kappa shape index (κ1) is 38.0. The molecular weight excluding hydrogens is 649 g/mol. The molecule has 0 spiro atoms. The number of aliphatic hydroxyl groups is 1. The van der Waals surface area contributed by atoms with Crippen LogP contribution in [0, 0.1) is 0 Å². The lowest BCUT2D eigenvalue weighted by Gasteiger charge is -2.53. The number of methoxy groups -OCH3 is 4. The van der Waals surface area contributed by atoms with Crippen LogP contribution >= 0.6 is 11.8 Å². The van der Waals surface area contributed by atoms with Crippen molar-refractivity contribution in [2.45, 2.75) is 93.3 Å². The molecule has 3 aromatic carbocycles. The maximum atomic E-state index is 12.4. The highest BCUT2D eigenvalue weighted by Crippen LogP contribution is 2.45. The van der Waals surface area contributed by atoms with E-state index in [9.17, 15) is 5.11 Å². The lowest BCUT2D eigenvalue weighted by atomic mass is 9.86. The Balaban J connectivity index is 1.68. The highest BCUT2D eigenvalue weighted by atomic mass is 32.2. The van der Waals surface area contributed by atoms with Gasteiger partial charge in [-0.25, -0.2) is 0 Å². The molecule has 0 radical (unpaired) electrons. The highest BCUT2D eigenvalue weighted by Gasteiger charge is 2.57. The Morgan fingerprint density at radius 1 is 0.792 bits per heavy atom. The quantitative estimate of drug-likeness (QED) is 0.161. The molecule has 5 atom stereocenters. The predicted molar refractivity (Wildman–Crippen MR) is 191 cm³/mol. The Hall–Kier alpha value is -2.77. The number of hydrogen-bond acceptors (Lipinski definition) is 10. The normalized spacial score (nSPS) is 23.1. The van der Waals surface area contributed by atoms with Gasteiger partial charge in [0.05, 0.1) is 48.3 Å². The van der Waals surface area contributed by atoms with E-state index in [4.69, 9.17) is 37.6 Å². The largest absolute Gasteiger partial charge is 0.497 e. The number of rotatable bonds is 15. The molecule has 0 bridgehead atoms. The Bertz CT molecular complexity index is 1420. The molecule has 1 heterocycles. The Morgan fingerprint density at radius 2 is 1.29 bits per heavy atom. The van der Waals surface area contributed by atoms with E-state index in [1.54, 1.807) is 47.1 Å². The Labute approximate surface area is 291 Å². The standard InChI is InChI=1S/C37H52O9SSi/c1-36(2,3)48(9,10)46-34-33(44-23-26-18-29(41-7)21-30(19-26)42-8)35(47-31-14-12-11-13-15-31)45-32(37(34,4)38)24-43-22-25-16-27(39-5)20-28(17-25)40-6/h11-21,32-35,38H,22-24H2,1-10H3/t32-,33-,34-,35+,37+/m1/s1. The van der Waals surface area contributed by atoms with Gasteiger partial charge in [0.2, 0.25) is 0 Å². The third-order valence-corrected chi connectivity index (χ3v) is 14.7. The lowest BCUT2D eigenvalue weighted by molar-refractivity contribution is -0.261. The van der Waals surface area contributed by atoms with Crippen LogP contribution in [-0.4, -0.2) is 77.8 Å². The van der Waals surface area contributed by atoms with Crippen LogP contribution in [0.4, 0.5) is 0 Å². The molecule has 264 valence electrons. The van der Waals surface area contributed by atoms with Crippen LogP contribution in [0.2, 0.25) is 18.1 Å². The second-order valence-electron chi connectivity index (χ2n) is 13.7. The van der Waals surface area contributed by atoms with E-state index in [2.05, 4.69) is 33.9 Å². The number of hydrogen-bond donors (Lipinski definition) is 1. The first-order valence-electron chi connectivity index (χ1n) is 16.1. The zero-order chi connectivity index (χ0) is 35.1. The molecule has 1 N–H and O–H groups in total. The fourth-order valence-corrected chi connectivity index (χ4v) is 7.68. The zero-order valence-corrected chi connectivity index (χ0v) is 31.7. The van der Waals surface area contributed by atoms with Gasteiger partial charge in [0.15, 0.2) is 8.32 Å². The summed E-state index contributed by atoms with van der Waals surface area (Å²) in [5.41, 5.74) is -0.257. The van der Waals surface area contributed by atoms with E-state index in [1.165, 1.54) is 0 Å². The van der Waals surface area contributed by atoms with Crippen molar-refractivity contribution in [2.75, 3.05) is 35.0 Å². The van der Waals surface area contributed by atoms with Crippen LogP contribution in [0.3, 0.4) is 0 Å². The third-order valence-electron chi connectivity index (χ3n) is 9.12. The molecule has 0 saturated carbocycles. The molecule has 3 aromatic rings. The molecule has 0 unspecified atom stereocenters. The van der Waals surface area contributed by atoms with Crippen molar-refractivity contribution in [1.82, 2.24) is 0 Å². The molecule has 1 fully saturated rings. The number of thioether (sulfide) groups is 1. The van der Waals surface area contributed by atoms with Crippen molar-refractivity contribution in [2.24, 2.45) is 0 Å². The molecule has 0 aromatic heterocycles. The second kappa shape index (κ2) is 16.3. The van der Waals surface area contributed by atoms with Gasteiger partial charge in [0.25, 0.3) is 0 Å². The van der Waals surface area contributed by atoms with E-state index in [0.717, 1.165) is 16.0 Å². The summed E-state index contributed by atoms with van der Waals surface area (Å²) in [5.74, 6) is 2.67. The molecule has 48 heavy (non-hydrogen) atoms. The van der Waals surface area contributed by atoms with E-state index >= 15 is 0 Å². The van der Waals surface area contributed by atoms with Crippen LogP contribution in [0.1, 0.15) is 38.8 Å². The van der Waals surface area contributed by atoms with E-state index in [0.29, 0.717) is 23.0 Å². The van der Waals surface area contributed by atoms with Crippen molar-refractivity contribution < 1.29 is 42.7 Å². The average Bonchev–Trinajstić information content (AvgIpc) is 3.06. The van der Waals surface area contributed by atoms with Gasteiger partial charge in [0, 0.05) is 17.0 Å². The van der Waals surface area contributed by atoms with Crippen LogP contribution < -0.4 is 18.9 Å². The third kappa shape index (κ3) is 9.47. The number of benzene rings is 3.